The van der Waals surface area contributed by atoms with Crippen molar-refractivity contribution >= 4 is 11.6 Å². The van der Waals surface area contributed by atoms with Gasteiger partial charge in [0, 0.05) is 27.9 Å². The summed E-state index contributed by atoms with van der Waals surface area (Å²) in [5, 5.41) is 11.6. The van der Waals surface area contributed by atoms with Gasteiger partial charge in [-0.15, -0.1) is 0 Å². The molecule has 0 saturated carbocycles. The Morgan fingerprint density at radius 3 is 2.52 bits per heavy atom. The molecule has 2 aromatic carbocycles. The summed E-state index contributed by atoms with van der Waals surface area (Å²) in [4.78, 5) is 4.46. The maximum Gasteiger partial charge on any atom is 0.258 e. The molecule has 4 rings (SSSR count). The van der Waals surface area contributed by atoms with E-state index in [2.05, 4.69) is 20.3 Å². The van der Waals surface area contributed by atoms with Crippen LogP contribution in [0, 0.1) is 0 Å². The van der Waals surface area contributed by atoms with Crippen LogP contribution in [-0.2, 0) is 0 Å². The highest BCUT2D eigenvalue weighted by Gasteiger charge is 2.11. The van der Waals surface area contributed by atoms with Crippen molar-refractivity contribution in [2.24, 2.45) is 0 Å². The van der Waals surface area contributed by atoms with Gasteiger partial charge in [-0.3, -0.25) is 5.10 Å². The minimum absolute atomic E-state index is 0.462. The highest BCUT2D eigenvalue weighted by molar-refractivity contribution is 6.30. The smallest absolute Gasteiger partial charge is 0.258 e. The van der Waals surface area contributed by atoms with E-state index in [1.165, 1.54) is 0 Å². The summed E-state index contributed by atoms with van der Waals surface area (Å²) in [6.07, 6.45) is 1.72. The number of rotatable bonds is 3. The van der Waals surface area contributed by atoms with E-state index in [4.69, 9.17) is 16.1 Å². The Hall–Kier alpha value is -2.92. The second-order valence-electron chi connectivity index (χ2n) is 4.98. The number of hydrogen-bond acceptors (Lipinski definition) is 4. The number of nitrogens with zero attached hydrogens (tertiary/aromatic N) is 3. The van der Waals surface area contributed by atoms with Crippen LogP contribution in [0.4, 0.5) is 0 Å². The summed E-state index contributed by atoms with van der Waals surface area (Å²) in [7, 11) is 0. The predicted molar refractivity (Wildman–Crippen MR) is 87.8 cm³/mol. The zero-order chi connectivity index (χ0) is 15.6. The molecule has 0 amide bonds. The molecule has 0 radical (unpaired) electrons. The third-order valence-corrected chi connectivity index (χ3v) is 3.70. The maximum absolute atomic E-state index is 5.89. The molecule has 0 unspecified atom stereocenters. The van der Waals surface area contributed by atoms with Gasteiger partial charge in [-0.05, 0) is 36.4 Å². The normalized spacial score (nSPS) is 10.8. The largest absolute Gasteiger partial charge is 0.334 e. The summed E-state index contributed by atoms with van der Waals surface area (Å²) in [5.74, 6) is 1.000. The van der Waals surface area contributed by atoms with E-state index >= 15 is 0 Å². The number of aromatic nitrogens is 4. The second kappa shape index (κ2) is 5.70. The van der Waals surface area contributed by atoms with E-state index < -0.39 is 0 Å². The van der Waals surface area contributed by atoms with Crippen molar-refractivity contribution in [1.82, 2.24) is 20.3 Å². The van der Waals surface area contributed by atoms with Crippen LogP contribution in [-0.4, -0.2) is 20.3 Å². The minimum Gasteiger partial charge on any atom is -0.334 e. The molecule has 0 bridgehead atoms. The fourth-order valence-corrected chi connectivity index (χ4v) is 2.42. The molecule has 1 N–H and O–H groups in total. The average Bonchev–Trinajstić information content (AvgIpc) is 3.28. The lowest BCUT2D eigenvalue weighted by atomic mass is 10.1. The van der Waals surface area contributed by atoms with Gasteiger partial charge in [0.25, 0.3) is 5.89 Å². The lowest BCUT2D eigenvalue weighted by molar-refractivity contribution is 0.432. The van der Waals surface area contributed by atoms with Gasteiger partial charge in [0.15, 0.2) is 0 Å². The van der Waals surface area contributed by atoms with E-state index in [1.54, 1.807) is 18.3 Å². The molecule has 0 aliphatic heterocycles. The number of aromatic amines is 1. The molecule has 5 nitrogen and oxygen atoms in total. The Kier molecular flexibility index (Phi) is 3.40. The van der Waals surface area contributed by atoms with Crippen LogP contribution in [0.5, 0.6) is 0 Å². The molecular weight excluding hydrogens is 312 g/mol. The monoisotopic (exact) mass is 322 g/mol. The van der Waals surface area contributed by atoms with Gasteiger partial charge >= 0.3 is 0 Å². The lowest BCUT2D eigenvalue weighted by Crippen LogP contribution is -1.84. The van der Waals surface area contributed by atoms with Crippen molar-refractivity contribution in [3.63, 3.8) is 0 Å². The minimum atomic E-state index is 0.462. The lowest BCUT2D eigenvalue weighted by Gasteiger charge is -1.99. The zero-order valence-corrected chi connectivity index (χ0v) is 12.7. The van der Waals surface area contributed by atoms with Crippen LogP contribution in [0.3, 0.4) is 0 Å². The van der Waals surface area contributed by atoms with Crippen LogP contribution in [0.1, 0.15) is 0 Å². The second-order valence-corrected chi connectivity index (χ2v) is 5.42. The van der Waals surface area contributed by atoms with Crippen molar-refractivity contribution in [2.75, 3.05) is 0 Å². The van der Waals surface area contributed by atoms with Crippen molar-refractivity contribution in [1.29, 1.82) is 0 Å². The van der Waals surface area contributed by atoms with Crippen molar-refractivity contribution < 1.29 is 4.52 Å². The summed E-state index contributed by atoms with van der Waals surface area (Å²) >= 11 is 5.89. The molecule has 6 heteroatoms. The van der Waals surface area contributed by atoms with Crippen molar-refractivity contribution in [2.45, 2.75) is 0 Å². The molecule has 0 spiro atoms. The topological polar surface area (TPSA) is 67.6 Å². The first-order chi connectivity index (χ1) is 11.3. The van der Waals surface area contributed by atoms with Gasteiger partial charge < -0.3 is 4.52 Å². The highest BCUT2D eigenvalue weighted by Crippen LogP contribution is 2.26. The van der Waals surface area contributed by atoms with Crippen LogP contribution >= 0.6 is 11.6 Å². The van der Waals surface area contributed by atoms with Crippen LogP contribution in [0.15, 0.2) is 65.3 Å². The number of H-pyrrole nitrogens is 1. The van der Waals surface area contributed by atoms with E-state index in [0.29, 0.717) is 16.7 Å². The van der Waals surface area contributed by atoms with Gasteiger partial charge in [-0.2, -0.15) is 10.1 Å². The SMILES string of the molecule is Clc1ccc(-c2nc(-c3cccc(-c4ccn[nH]4)c3)no2)cc1. The Labute approximate surface area is 136 Å². The van der Waals surface area contributed by atoms with Crippen molar-refractivity contribution in [3.05, 3.63) is 65.8 Å². The zero-order valence-electron chi connectivity index (χ0n) is 11.9. The Bertz CT molecular complexity index is 929. The van der Waals surface area contributed by atoms with Gasteiger partial charge in [0.2, 0.25) is 5.82 Å². The van der Waals surface area contributed by atoms with Crippen LogP contribution in [0.25, 0.3) is 34.1 Å². The van der Waals surface area contributed by atoms with Crippen LogP contribution in [0.2, 0.25) is 5.02 Å². The summed E-state index contributed by atoms with van der Waals surface area (Å²) in [5.41, 5.74) is 3.66. The van der Waals surface area contributed by atoms with E-state index in [1.807, 2.05) is 42.5 Å². The van der Waals surface area contributed by atoms with E-state index in [-0.39, 0.29) is 0 Å². The first-order valence-corrected chi connectivity index (χ1v) is 7.37. The van der Waals surface area contributed by atoms with Gasteiger partial charge in [0.05, 0.1) is 5.69 Å². The summed E-state index contributed by atoms with van der Waals surface area (Å²) < 4.78 is 5.35. The molecule has 2 heterocycles. The molecule has 0 aliphatic rings. The Morgan fingerprint density at radius 2 is 1.74 bits per heavy atom. The first-order valence-electron chi connectivity index (χ1n) is 6.99. The Morgan fingerprint density at radius 1 is 0.913 bits per heavy atom. The molecule has 2 aromatic heterocycles. The first kappa shape index (κ1) is 13.7. The fourth-order valence-electron chi connectivity index (χ4n) is 2.29. The molecule has 23 heavy (non-hydrogen) atoms. The third-order valence-electron chi connectivity index (χ3n) is 3.45. The van der Waals surface area contributed by atoms with Crippen LogP contribution < -0.4 is 0 Å². The quantitative estimate of drug-likeness (QED) is 0.605. The predicted octanol–water partition coefficient (Wildman–Crippen LogP) is 4.45. The highest BCUT2D eigenvalue weighted by atomic mass is 35.5. The molecule has 0 saturated heterocycles. The third kappa shape index (κ3) is 2.74. The Balaban J connectivity index is 1.69. The van der Waals surface area contributed by atoms with Gasteiger partial charge in [-0.1, -0.05) is 35.0 Å². The number of halogens is 1. The average molecular weight is 323 g/mol. The van der Waals surface area contributed by atoms with Gasteiger partial charge in [0.1, 0.15) is 0 Å². The van der Waals surface area contributed by atoms with Gasteiger partial charge in [-0.25, -0.2) is 0 Å². The molecular formula is C17H11ClN4O. The number of nitrogens with one attached hydrogen (secondary N) is 1. The van der Waals surface area contributed by atoms with E-state index in [0.717, 1.165) is 22.4 Å². The summed E-state index contributed by atoms with van der Waals surface area (Å²) in [6.45, 7) is 0. The number of benzene rings is 2. The fraction of sp³-hybridized carbons (Fsp3) is 0. The molecule has 0 aliphatic carbocycles. The molecule has 4 aromatic rings. The summed E-state index contributed by atoms with van der Waals surface area (Å²) in [6, 6.07) is 17.1. The molecule has 0 fully saturated rings. The molecule has 0 atom stereocenters. The molecule has 112 valence electrons. The standard InChI is InChI=1S/C17H11ClN4O/c18-14-6-4-11(5-7-14)17-20-16(22-23-17)13-3-1-2-12(10-13)15-8-9-19-21-15/h1-10H,(H,19,21). The van der Waals surface area contributed by atoms with E-state index in [9.17, 15) is 0 Å². The number of hydrogen-bond donors (Lipinski definition) is 1. The maximum atomic E-state index is 5.89. The van der Waals surface area contributed by atoms with Crippen molar-refractivity contribution in [3.8, 4) is 34.1 Å².